The van der Waals surface area contributed by atoms with Gasteiger partial charge in [0.1, 0.15) is 0 Å². The molecule has 6 aromatic carbocycles. The van der Waals surface area contributed by atoms with Crippen LogP contribution >= 0.6 is 11.3 Å². The maximum atomic E-state index is 2.79. The number of benzene rings is 6. The summed E-state index contributed by atoms with van der Waals surface area (Å²) in [5, 5.41) is 2.70. The maximum absolute atomic E-state index is 2.79. The summed E-state index contributed by atoms with van der Waals surface area (Å²) in [4.78, 5) is 5.49. The summed E-state index contributed by atoms with van der Waals surface area (Å²) in [6.45, 7) is 34.2. The molecule has 0 radical (unpaired) electrons. The predicted octanol–water partition coefficient (Wildman–Crippen LogP) is 15.9. The van der Waals surface area contributed by atoms with Crippen LogP contribution in [0.3, 0.4) is 0 Å². The van der Waals surface area contributed by atoms with E-state index in [4.69, 9.17) is 0 Å². The number of rotatable bonds is 3. The van der Waals surface area contributed by atoms with Crippen LogP contribution in [0.5, 0.6) is 0 Å². The number of hydrogen-bond donors (Lipinski definition) is 0. The van der Waals surface area contributed by atoms with Crippen LogP contribution in [0.15, 0.2) is 115 Å². The molecule has 0 bridgehead atoms. The molecule has 4 aliphatic rings. The molecule has 0 saturated heterocycles. The first kappa shape index (κ1) is 43.5. The summed E-state index contributed by atoms with van der Waals surface area (Å²) in [5.41, 5.74) is 22.2. The summed E-state index contributed by atoms with van der Waals surface area (Å²) in [6.07, 6.45) is 4.72. The van der Waals surface area contributed by atoms with E-state index >= 15 is 0 Å². The molecule has 0 atom stereocenters. The summed E-state index contributed by atoms with van der Waals surface area (Å²) in [5.74, 6) is 0. The normalized spacial score (nSPS) is 18.6. The fourth-order valence-electron chi connectivity index (χ4n) is 12.4. The van der Waals surface area contributed by atoms with E-state index in [-0.39, 0.29) is 39.2 Å². The van der Waals surface area contributed by atoms with Crippen LogP contribution in [0, 0.1) is 0 Å². The Morgan fingerprint density at radius 2 is 1.09 bits per heavy atom. The van der Waals surface area contributed by atoms with Gasteiger partial charge in [-0.2, -0.15) is 0 Å². The van der Waals surface area contributed by atoms with Gasteiger partial charge < -0.3 is 9.80 Å². The topological polar surface area (TPSA) is 6.48 Å². The van der Waals surface area contributed by atoms with Gasteiger partial charge in [0.15, 0.2) is 0 Å². The van der Waals surface area contributed by atoms with Gasteiger partial charge in [0.25, 0.3) is 6.71 Å². The molecule has 1 aromatic heterocycles. The van der Waals surface area contributed by atoms with Gasteiger partial charge in [-0.25, -0.2) is 0 Å². The lowest BCUT2D eigenvalue weighted by Crippen LogP contribution is -2.62. The summed E-state index contributed by atoms with van der Waals surface area (Å²) in [6, 6.07) is 45.7. The van der Waals surface area contributed by atoms with Crippen LogP contribution in [-0.2, 0) is 32.5 Å². The van der Waals surface area contributed by atoms with E-state index in [1.54, 1.807) is 0 Å². The van der Waals surface area contributed by atoms with E-state index in [2.05, 4.69) is 222 Å². The van der Waals surface area contributed by atoms with Gasteiger partial charge in [-0.15, -0.1) is 11.3 Å². The van der Waals surface area contributed by atoms with Gasteiger partial charge >= 0.3 is 0 Å². The van der Waals surface area contributed by atoms with Crippen molar-refractivity contribution in [1.82, 2.24) is 0 Å². The fraction of sp³-hybridized carbons (Fsp3) is 0.387. The molecule has 0 N–H and O–H groups in total. The minimum Gasteiger partial charge on any atom is -0.311 e. The van der Waals surface area contributed by atoms with E-state index in [9.17, 15) is 0 Å². The first-order valence-corrected chi connectivity index (χ1v) is 25.6. The summed E-state index contributed by atoms with van der Waals surface area (Å²) in [7, 11) is 0. The second-order valence-corrected chi connectivity index (χ2v) is 26.2. The van der Waals surface area contributed by atoms with Crippen molar-refractivity contribution in [2.24, 2.45) is 0 Å². The Hall–Kier alpha value is -5.06. The van der Waals surface area contributed by atoms with Crippen LogP contribution in [0.1, 0.15) is 156 Å². The molecular formula is C62H69BN2S. The molecular weight excluding hydrogens is 816 g/mol. The number of hydrogen-bond acceptors (Lipinski definition) is 3. The van der Waals surface area contributed by atoms with Crippen molar-refractivity contribution < 1.29 is 0 Å². The third kappa shape index (κ3) is 6.47. The second kappa shape index (κ2) is 14.2. The minimum atomic E-state index is -0.114. The molecule has 336 valence electrons. The van der Waals surface area contributed by atoms with E-state index in [1.807, 2.05) is 11.3 Å². The van der Waals surface area contributed by atoms with Gasteiger partial charge in [0.05, 0.1) is 10.7 Å². The lowest BCUT2D eigenvalue weighted by Gasteiger charge is -2.50. The maximum Gasteiger partial charge on any atom is 0.254 e. The van der Waals surface area contributed by atoms with Gasteiger partial charge in [-0.05, 0) is 161 Å². The lowest BCUT2D eigenvalue weighted by molar-refractivity contribution is 0.331. The monoisotopic (exact) mass is 885 g/mol. The number of nitrogens with zero attached hydrogens (tertiary/aromatic N) is 2. The minimum absolute atomic E-state index is 0.00646. The molecule has 4 heteroatoms. The number of thiophene rings is 1. The Bertz CT molecular complexity index is 3130. The zero-order valence-electron chi connectivity index (χ0n) is 42.2. The van der Waals surface area contributed by atoms with Crippen molar-refractivity contribution in [2.45, 2.75) is 155 Å². The van der Waals surface area contributed by atoms with Crippen molar-refractivity contribution in [2.75, 3.05) is 9.80 Å². The Labute approximate surface area is 400 Å². The third-order valence-electron chi connectivity index (χ3n) is 16.7. The van der Waals surface area contributed by atoms with Crippen LogP contribution in [0.2, 0.25) is 0 Å². The van der Waals surface area contributed by atoms with Gasteiger partial charge in [-0.1, -0.05) is 170 Å². The largest absolute Gasteiger partial charge is 0.311 e. The van der Waals surface area contributed by atoms with E-state index < -0.39 is 0 Å². The molecule has 0 spiro atoms. The van der Waals surface area contributed by atoms with Crippen LogP contribution in [0.25, 0.3) is 21.2 Å². The standard InChI is InChI=1S/C62H69BN2S/c1-57(2,3)39-24-29-48(43(34-39)38-20-16-15-17-21-38)65-50-36-40(58(4,5)6)35-49-54(50)63(53-42-22-18-19-23-51(42)66-56(53)65)47-28-27-45-52(62(13,14)33-32-60(45,9)10)55(47)64(49)41-25-26-44-46(37-41)61(11,12)31-30-59(44,7)8/h15-29,34-37H,30-33H2,1-14H3. The molecule has 2 nitrogen and oxygen atoms in total. The zero-order chi connectivity index (χ0) is 46.7. The molecule has 0 saturated carbocycles. The molecule has 2 aliphatic carbocycles. The lowest BCUT2D eigenvalue weighted by atomic mass is 9.33. The predicted molar refractivity (Wildman–Crippen MR) is 289 cm³/mol. The molecule has 3 heterocycles. The third-order valence-corrected chi connectivity index (χ3v) is 17.9. The average Bonchev–Trinajstić information content (AvgIpc) is 3.65. The Morgan fingerprint density at radius 1 is 0.500 bits per heavy atom. The first-order chi connectivity index (χ1) is 31.0. The molecule has 66 heavy (non-hydrogen) atoms. The quantitative estimate of drug-likeness (QED) is 0.163. The first-order valence-electron chi connectivity index (χ1n) is 24.8. The molecule has 2 aliphatic heterocycles. The fourth-order valence-corrected chi connectivity index (χ4v) is 13.7. The van der Waals surface area contributed by atoms with E-state index in [0.29, 0.717) is 0 Å². The highest BCUT2D eigenvalue weighted by molar-refractivity contribution is 7.26. The van der Waals surface area contributed by atoms with Crippen molar-refractivity contribution >= 4 is 78.0 Å². The van der Waals surface area contributed by atoms with Crippen molar-refractivity contribution in [3.8, 4) is 11.1 Å². The van der Waals surface area contributed by atoms with Crippen LogP contribution in [0.4, 0.5) is 33.4 Å². The Balaban J connectivity index is 1.31. The molecule has 0 unspecified atom stereocenters. The van der Waals surface area contributed by atoms with Crippen molar-refractivity contribution in [3.63, 3.8) is 0 Å². The highest BCUT2D eigenvalue weighted by Crippen LogP contribution is 2.57. The SMILES string of the molecule is CC(C)(C)c1ccc(N2c3cc(C(C)(C)C)cc4c3B(c3ccc5c(c3N4c3ccc4c(c3)C(C)(C)CCC4(C)C)C(C)(C)CCC5(C)C)c3c2sc2ccccc32)c(-c2ccccc2)c1. The van der Waals surface area contributed by atoms with E-state index in [0.717, 1.165) is 6.42 Å². The smallest absolute Gasteiger partial charge is 0.254 e. The van der Waals surface area contributed by atoms with Gasteiger partial charge in [0, 0.05) is 33.0 Å². The van der Waals surface area contributed by atoms with Crippen molar-refractivity contribution in [1.29, 1.82) is 0 Å². The Kier molecular flexibility index (Phi) is 9.39. The highest BCUT2D eigenvalue weighted by atomic mass is 32.1. The number of fused-ring (bicyclic) bond motifs is 9. The average molecular weight is 885 g/mol. The molecule has 11 rings (SSSR count). The van der Waals surface area contributed by atoms with Gasteiger partial charge in [0.2, 0.25) is 0 Å². The van der Waals surface area contributed by atoms with Crippen molar-refractivity contribution in [3.05, 3.63) is 149 Å². The van der Waals surface area contributed by atoms with Crippen LogP contribution in [-0.4, -0.2) is 6.71 Å². The molecule has 0 amide bonds. The number of anilines is 6. The highest BCUT2D eigenvalue weighted by Gasteiger charge is 2.50. The molecule has 7 aromatic rings. The van der Waals surface area contributed by atoms with Crippen LogP contribution < -0.4 is 26.2 Å². The van der Waals surface area contributed by atoms with E-state index in [1.165, 1.54) is 124 Å². The summed E-state index contributed by atoms with van der Waals surface area (Å²) >= 11 is 1.97. The Morgan fingerprint density at radius 3 is 1.77 bits per heavy atom. The second-order valence-electron chi connectivity index (χ2n) is 25.1. The van der Waals surface area contributed by atoms with Gasteiger partial charge in [-0.3, -0.25) is 0 Å². The summed E-state index contributed by atoms with van der Waals surface area (Å²) < 4.78 is 1.34. The molecule has 0 fully saturated rings. The zero-order valence-corrected chi connectivity index (χ0v) is 43.0.